The van der Waals surface area contributed by atoms with E-state index in [1.807, 2.05) is 6.92 Å². The van der Waals surface area contributed by atoms with E-state index < -0.39 is 0 Å². The van der Waals surface area contributed by atoms with E-state index in [0.717, 1.165) is 12.8 Å². The van der Waals surface area contributed by atoms with Crippen molar-refractivity contribution in [3.05, 3.63) is 24.2 Å². The number of carbonyl (C=O) groups excluding carboxylic acids is 1. The van der Waals surface area contributed by atoms with E-state index in [1.165, 1.54) is 6.26 Å². The van der Waals surface area contributed by atoms with Gasteiger partial charge in [-0.2, -0.15) is 0 Å². The molecule has 1 N–H and O–H groups in total. The number of amides is 1. The average molecular weight is 238 g/mol. The lowest BCUT2D eigenvalue weighted by Gasteiger charge is -2.07. The van der Waals surface area contributed by atoms with Crippen molar-refractivity contribution in [1.29, 1.82) is 0 Å². The van der Waals surface area contributed by atoms with Crippen LogP contribution >= 0.6 is 0 Å². The normalized spacial score (nSPS) is 11.3. The maximum Gasteiger partial charge on any atom is 0.294 e. The highest BCUT2D eigenvalue weighted by molar-refractivity contribution is 6.02. The minimum Gasteiger partial charge on any atom is -0.465 e. The predicted molar refractivity (Wildman–Crippen MR) is 65.0 cm³/mol. The van der Waals surface area contributed by atoms with Crippen molar-refractivity contribution in [2.75, 3.05) is 13.2 Å². The highest BCUT2D eigenvalue weighted by Crippen LogP contribution is 1.99. The zero-order chi connectivity index (χ0) is 12.5. The maximum atomic E-state index is 11.7. The van der Waals surface area contributed by atoms with E-state index >= 15 is 0 Å². The Kier molecular flexibility index (Phi) is 5.85. The summed E-state index contributed by atoms with van der Waals surface area (Å²) in [4.78, 5) is 15.8. The van der Waals surface area contributed by atoms with Gasteiger partial charge in [0.1, 0.15) is 0 Å². The van der Waals surface area contributed by atoms with E-state index in [9.17, 15) is 4.79 Å². The monoisotopic (exact) mass is 238 g/mol. The van der Waals surface area contributed by atoms with Gasteiger partial charge in [-0.1, -0.05) is 13.3 Å². The zero-order valence-electron chi connectivity index (χ0n) is 10.2. The van der Waals surface area contributed by atoms with Crippen LogP contribution in [0.5, 0.6) is 0 Å². The molecular weight excluding hydrogens is 220 g/mol. The minimum atomic E-state index is -0.348. The van der Waals surface area contributed by atoms with Crippen molar-refractivity contribution in [1.82, 2.24) is 5.32 Å². The molecule has 0 aliphatic heterocycles. The van der Waals surface area contributed by atoms with Gasteiger partial charge in [0.05, 0.1) is 12.9 Å². The largest absolute Gasteiger partial charge is 0.465 e. The number of unbranched alkanes of at least 4 members (excludes halogenated alkanes) is 1. The summed E-state index contributed by atoms with van der Waals surface area (Å²) >= 11 is 0. The van der Waals surface area contributed by atoms with Gasteiger partial charge in [0.2, 0.25) is 0 Å². The van der Waals surface area contributed by atoms with Crippen LogP contribution in [0.1, 0.15) is 37.2 Å². The molecule has 0 aliphatic carbocycles. The molecule has 0 fully saturated rings. The number of furan rings is 1. The molecule has 0 saturated carbocycles. The summed E-state index contributed by atoms with van der Waals surface area (Å²) in [5.74, 6) is -0.105. The lowest BCUT2D eigenvalue weighted by atomic mass is 10.3. The van der Waals surface area contributed by atoms with E-state index in [2.05, 4.69) is 17.2 Å². The van der Waals surface area contributed by atoms with E-state index in [4.69, 9.17) is 9.15 Å². The maximum absolute atomic E-state index is 11.7. The third-order valence-corrected chi connectivity index (χ3v) is 2.01. The van der Waals surface area contributed by atoms with Gasteiger partial charge in [-0.3, -0.25) is 10.1 Å². The number of nitrogens with one attached hydrogen (secondary N) is 1. The van der Waals surface area contributed by atoms with Crippen LogP contribution in [0.2, 0.25) is 0 Å². The SMILES string of the molecule is CCCCN=C(NC(=O)c1ccco1)OCC. The van der Waals surface area contributed by atoms with Crippen LogP contribution in [0.3, 0.4) is 0 Å². The van der Waals surface area contributed by atoms with Crippen molar-refractivity contribution in [2.45, 2.75) is 26.7 Å². The zero-order valence-corrected chi connectivity index (χ0v) is 10.2. The van der Waals surface area contributed by atoms with Gasteiger partial charge in [0.25, 0.3) is 11.9 Å². The molecule has 0 atom stereocenters. The molecule has 1 aromatic heterocycles. The molecule has 94 valence electrons. The van der Waals surface area contributed by atoms with Gasteiger partial charge in [-0.15, -0.1) is 0 Å². The molecule has 1 aromatic rings. The molecule has 0 saturated heterocycles. The van der Waals surface area contributed by atoms with Gasteiger partial charge in [-0.05, 0) is 25.5 Å². The Hall–Kier alpha value is -1.78. The molecule has 1 rings (SSSR count). The number of ether oxygens (including phenoxy) is 1. The number of aliphatic imine (C=N–C) groups is 1. The van der Waals surface area contributed by atoms with Gasteiger partial charge in [-0.25, -0.2) is 4.99 Å². The summed E-state index contributed by atoms with van der Waals surface area (Å²) < 4.78 is 10.2. The summed E-state index contributed by atoms with van der Waals surface area (Å²) in [6, 6.07) is 3.50. The van der Waals surface area contributed by atoms with Gasteiger partial charge in [0.15, 0.2) is 5.76 Å². The lowest BCUT2D eigenvalue weighted by molar-refractivity contribution is 0.0939. The standard InChI is InChI=1S/C12H18N2O3/c1-3-5-8-13-12(16-4-2)14-11(15)10-7-6-9-17-10/h6-7,9H,3-5,8H2,1-2H3,(H,13,14,15). The van der Waals surface area contributed by atoms with Crippen LogP contribution in [0, 0.1) is 0 Å². The van der Waals surface area contributed by atoms with Crippen LogP contribution in [0.15, 0.2) is 27.8 Å². The number of hydrogen-bond acceptors (Lipinski definition) is 4. The van der Waals surface area contributed by atoms with Gasteiger partial charge in [0, 0.05) is 6.54 Å². The fraction of sp³-hybridized carbons (Fsp3) is 0.500. The fourth-order valence-corrected chi connectivity index (χ4v) is 1.16. The Labute approximate surface area is 101 Å². The third kappa shape index (κ3) is 4.72. The van der Waals surface area contributed by atoms with Crippen LogP contribution in [-0.4, -0.2) is 25.1 Å². The number of nitrogens with zero attached hydrogens (tertiary/aromatic N) is 1. The van der Waals surface area contributed by atoms with Crippen LogP contribution in [0.25, 0.3) is 0 Å². The Morgan fingerprint density at radius 1 is 1.53 bits per heavy atom. The quantitative estimate of drug-likeness (QED) is 0.486. The molecule has 0 radical (unpaired) electrons. The van der Waals surface area contributed by atoms with Crippen molar-refractivity contribution in [3.63, 3.8) is 0 Å². The molecular formula is C12H18N2O3. The Morgan fingerprint density at radius 2 is 2.35 bits per heavy atom. The summed E-state index contributed by atoms with van der Waals surface area (Å²) in [6.45, 7) is 5.03. The second-order valence-electron chi connectivity index (χ2n) is 3.40. The van der Waals surface area contributed by atoms with Crippen molar-refractivity contribution >= 4 is 11.9 Å². The number of hydrogen-bond donors (Lipinski definition) is 1. The van der Waals surface area contributed by atoms with Crippen molar-refractivity contribution in [2.24, 2.45) is 4.99 Å². The van der Waals surface area contributed by atoms with Crippen LogP contribution in [-0.2, 0) is 4.74 Å². The second-order valence-corrected chi connectivity index (χ2v) is 3.40. The highest BCUT2D eigenvalue weighted by atomic mass is 16.5. The molecule has 1 amide bonds. The first-order valence-corrected chi connectivity index (χ1v) is 5.80. The fourth-order valence-electron chi connectivity index (χ4n) is 1.16. The first-order valence-electron chi connectivity index (χ1n) is 5.80. The second kappa shape index (κ2) is 7.49. The Morgan fingerprint density at radius 3 is 2.94 bits per heavy atom. The van der Waals surface area contributed by atoms with E-state index in [1.54, 1.807) is 12.1 Å². The molecule has 0 bridgehead atoms. The Bertz CT molecular complexity index is 358. The molecule has 0 unspecified atom stereocenters. The topological polar surface area (TPSA) is 63.8 Å². The molecule has 0 aromatic carbocycles. The number of carbonyl (C=O) groups is 1. The van der Waals surface area contributed by atoms with Crippen LogP contribution < -0.4 is 5.32 Å². The predicted octanol–water partition coefficient (Wildman–Crippen LogP) is 2.20. The molecule has 5 heteroatoms. The Balaban J connectivity index is 2.54. The molecule has 5 nitrogen and oxygen atoms in total. The smallest absolute Gasteiger partial charge is 0.294 e. The van der Waals surface area contributed by atoms with E-state index in [0.29, 0.717) is 13.2 Å². The molecule has 1 heterocycles. The van der Waals surface area contributed by atoms with Gasteiger partial charge < -0.3 is 9.15 Å². The molecule has 0 aliphatic rings. The summed E-state index contributed by atoms with van der Waals surface area (Å²) in [5.41, 5.74) is 0. The molecule has 0 spiro atoms. The first-order chi connectivity index (χ1) is 8.27. The van der Waals surface area contributed by atoms with E-state index in [-0.39, 0.29) is 17.7 Å². The first kappa shape index (κ1) is 13.3. The lowest BCUT2D eigenvalue weighted by Crippen LogP contribution is -2.32. The van der Waals surface area contributed by atoms with Crippen molar-refractivity contribution < 1.29 is 13.9 Å². The third-order valence-electron chi connectivity index (χ3n) is 2.01. The van der Waals surface area contributed by atoms with Crippen molar-refractivity contribution in [3.8, 4) is 0 Å². The summed E-state index contributed by atoms with van der Waals surface area (Å²) in [7, 11) is 0. The summed E-state index contributed by atoms with van der Waals surface area (Å²) in [5, 5.41) is 2.57. The minimum absolute atomic E-state index is 0.243. The number of rotatable bonds is 5. The van der Waals surface area contributed by atoms with Gasteiger partial charge >= 0.3 is 0 Å². The molecule has 17 heavy (non-hydrogen) atoms. The summed E-state index contributed by atoms with van der Waals surface area (Å²) in [6.07, 6.45) is 3.46. The van der Waals surface area contributed by atoms with Crippen LogP contribution in [0.4, 0.5) is 0 Å². The average Bonchev–Trinajstić information content (AvgIpc) is 2.83. The highest BCUT2D eigenvalue weighted by Gasteiger charge is 2.11. The number of amidine groups is 1.